The summed E-state index contributed by atoms with van der Waals surface area (Å²) in [7, 11) is 0. The quantitative estimate of drug-likeness (QED) is 0.788. The number of ether oxygens (including phenoxy) is 2. The maximum Gasteiger partial charge on any atom is 0.291 e. The normalized spacial score (nSPS) is 23.4. The Bertz CT molecular complexity index is 645. The van der Waals surface area contributed by atoms with E-state index in [9.17, 15) is 4.79 Å². The summed E-state index contributed by atoms with van der Waals surface area (Å²) in [6.45, 7) is 11.1. The summed E-state index contributed by atoms with van der Waals surface area (Å²) in [4.78, 5) is 17.4. The number of rotatable bonds is 3. The summed E-state index contributed by atoms with van der Waals surface area (Å²) in [6, 6.07) is 0. The molecule has 0 N–H and O–H groups in total. The molecule has 3 aliphatic rings. The van der Waals surface area contributed by atoms with Crippen LogP contribution in [0, 0.1) is 5.92 Å². The number of carbonyl (C=O) groups is 1. The van der Waals surface area contributed by atoms with Gasteiger partial charge in [0.15, 0.2) is 5.82 Å². The van der Waals surface area contributed by atoms with Gasteiger partial charge in [0, 0.05) is 32.7 Å². The molecule has 1 aromatic rings. The van der Waals surface area contributed by atoms with Crippen molar-refractivity contribution >= 4 is 5.91 Å². The second-order valence-corrected chi connectivity index (χ2v) is 8.09. The second kappa shape index (κ2) is 7.25. The van der Waals surface area contributed by atoms with Gasteiger partial charge >= 0.3 is 0 Å². The van der Waals surface area contributed by atoms with Gasteiger partial charge < -0.3 is 19.3 Å². The zero-order valence-electron chi connectivity index (χ0n) is 15.8. The van der Waals surface area contributed by atoms with Gasteiger partial charge in [0.2, 0.25) is 5.82 Å². The molecule has 0 bridgehead atoms. The number of fused-ring (bicyclic) bond motifs is 2. The van der Waals surface area contributed by atoms with E-state index in [0.717, 1.165) is 38.3 Å². The first-order valence-electron chi connectivity index (χ1n) is 9.71. The summed E-state index contributed by atoms with van der Waals surface area (Å²) in [5, 5.41) is 8.56. The second-order valence-electron chi connectivity index (χ2n) is 8.09. The Morgan fingerprint density at radius 3 is 2.54 bits per heavy atom. The molecule has 8 heteroatoms. The van der Waals surface area contributed by atoms with Crippen LogP contribution in [-0.2, 0) is 21.6 Å². The third-order valence-corrected chi connectivity index (χ3v) is 5.71. The lowest BCUT2D eigenvalue weighted by Crippen LogP contribution is -2.53. The number of piperidine rings is 1. The average molecular weight is 363 g/mol. The summed E-state index contributed by atoms with van der Waals surface area (Å²) >= 11 is 0. The van der Waals surface area contributed by atoms with E-state index in [2.05, 4.69) is 33.5 Å². The lowest BCUT2D eigenvalue weighted by atomic mass is 9.86. The molecule has 1 amide bonds. The zero-order chi connectivity index (χ0) is 18.1. The van der Waals surface area contributed by atoms with Gasteiger partial charge in [-0.25, -0.2) is 0 Å². The Hall–Kier alpha value is -1.51. The van der Waals surface area contributed by atoms with Crippen molar-refractivity contribution in [2.45, 2.75) is 38.8 Å². The van der Waals surface area contributed by atoms with E-state index in [1.807, 2.05) is 4.90 Å². The van der Waals surface area contributed by atoms with Gasteiger partial charge in [-0.05, 0) is 18.8 Å². The lowest BCUT2D eigenvalue weighted by Gasteiger charge is -2.45. The van der Waals surface area contributed by atoms with Crippen LogP contribution in [0.5, 0.6) is 0 Å². The van der Waals surface area contributed by atoms with Crippen molar-refractivity contribution < 1.29 is 14.3 Å². The van der Waals surface area contributed by atoms with Gasteiger partial charge in [-0.15, -0.1) is 10.2 Å². The van der Waals surface area contributed by atoms with Gasteiger partial charge in [0.25, 0.3) is 5.91 Å². The first kappa shape index (κ1) is 17.9. The van der Waals surface area contributed by atoms with Crippen molar-refractivity contribution in [2.75, 3.05) is 52.5 Å². The minimum Gasteiger partial charge on any atom is -0.378 e. The SMILES string of the molecule is CC(C)CN1CCC2(CC1)COCc1nnc(C(=O)N3CCOCC3)n12. The molecular weight excluding hydrogens is 334 g/mol. The first-order valence-corrected chi connectivity index (χ1v) is 9.71. The van der Waals surface area contributed by atoms with Crippen LogP contribution in [0.4, 0.5) is 0 Å². The minimum absolute atomic E-state index is 0.0297. The number of carbonyl (C=O) groups excluding carboxylic acids is 1. The third kappa shape index (κ3) is 3.25. The van der Waals surface area contributed by atoms with Crippen LogP contribution in [0.1, 0.15) is 43.1 Å². The van der Waals surface area contributed by atoms with E-state index in [0.29, 0.717) is 51.3 Å². The van der Waals surface area contributed by atoms with Crippen molar-refractivity contribution in [3.05, 3.63) is 11.6 Å². The van der Waals surface area contributed by atoms with E-state index in [1.54, 1.807) is 0 Å². The van der Waals surface area contributed by atoms with Crippen LogP contribution in [-0.4, -0.2) is 83.0 Å². The number of aromatic nitrogens is 3. The molecule has 0 radical (unpaired) electrons. The fraction of sp³-hybridized carbons (Fsp3) is 0.833. The largest absolute Gasteiger partial charge is 0.378 e. The molecule has 2 saturated heterocycles. The Morgan fingerprint density at radius 2 is 1.85 bits per heavy atom. The molecular formula is C18H29N5O3. The van der Waals surface area contributed by atoms with Gasteiger partial charge in [-0.3, -0.25) is 9.36 Å². The van der Waals surface area contributed by atoms with Crippen molar-refractivity contribution in [3.8, 4) is 0 Å². The third-order valence-electron chi connectivity index (χ3n) is 5.71. The zero-order valence-corrected chi connectivity index (χ0v) is 15.8. The molecule has 144 valence electrons. The predicted octanol–water partition coefficient (Wildman–Crippen LogP) is 0.728. The number of likely N-dealkylation sites (tertiary alicyclic amines) is 1. The molecule has 8 nitrogen and oxygen atoms in total. The number of morpholine rings is 1. The van der Waals surface area contributed by atoms with E-state index < -0.39 is 0 Å². The van der Waals surface area contributed by atoms with E-state index in [1.165, 1.54) is 0 Å². The minimum atomic E-state index is -0.193. The summed E-state index contributed by atoms with van der Waals surface area (Å²) < 4.78 is 13.3. The van der Waals surface area contributed by atoms with Crippen LogP contribution >= 0.6 is 0 Å². The fourth-order valence-corrected chi connectivity index (χ4v) is 4.39. The van der Waals surface area contributed by atoms with E-state index in [-0.39, 0.29) is 11.4 Å². The van der Waals surface area contributed by atoms with Gasteiger partial charge in [-0.2, -0.15) is 0 Å². The van der Waals surface area contributed by atoms with Crippen LogP contribution in [0.25, 0.3) is 0 Å². The highest BCUT2D eigenvalue weighted by Crippen LogP contribution is 2.36. The first-order chi connectivity index (χ1) is 12.6. The molecule has 0 atom stereocenters. The summed E-state index contributed by atoms with van der Waals surface area (Å²) in [6.07, 6.45) is 1.93. The molecule has 0 unspecified atom stereocenters. The number of nitrogens with zero attached hydrogens (tertiary/aromatic N) is 5. The molecule has 26 heavy (non-hydrogen) atoms. The average Bonchev–Trinajstić information content (AvgIpc) is 3.09. The van der Waals surface area contributed by atoms with Gasteiger partial charge in [0.1, 0.15) is 6.61 Å². The standard InChI is InChI=1S/C18H29N5O3/c1-14(2)11-21-5-3-18(4-6-21)13-26-12-15-19-20-16(23(15)18)17(24)22-7-9-25-10-8-22/h14H,3-13H2,1-2H3. The molecule has 1 spiro atoms. The van der Waals surface area contributed by atoms with Gasteiger partial charge in [-0.1, -0.05) is 13.8 Å². The highest BCUT2D eigenvalue weighted by molar-refractivity contribution is 5.91. The molecule has 2 fully saturated rings. The lowest BCUT2D eigenvalue weighted by molar-refractivity contribution is -0.0345. The van der Waals surface area contributed by atoms with Crippen LogP contribution in [0.15, 0.2) is 0 Å². The highest BCUT2D eigenvalue weighted by Gasteiger charge is 2.44. The monoisotopic (exact) mass is 363 g/mol. The molecule has 4 rings (SSSR count). The van der Waals surface area contributed by atoms with E-state index in [4.69, 9.17) is 9.47 Å². The van der Waals surface area contributed by atoms with E-state index >= 15 is 0 Å². The molecule has 1 aromatic heterocycles. The smallest absolute Gasteiger partial charge is 0.291 e. The van der Waals surface area contributed by atoms with Crippen molar-refractivity contribution in [1.29, 1.82) is 0 Å². The topological polar surface area (TPSA) is 72.7 Å². The summed E-state index contributed by atoms with van der Waals surface area (Å²) in [5.41, 5.74) is -0.193. The van der Waals surface area contributed by atoms with Crippen molar-refractivity contribution in [2.24, 2.45) is 5.92 Å². The molecule has 0 aliphatic carbocycles. The molecule has 0 aromatic carbocycles. The van der Waals surface area contributed by atoms with Crippen molar-refractivity contribution in [3.63, 3.8) is 0 Å². The Labute approximate surface area is 154 Å². The number of hydrogen-bond acceptors (Lipinski definition) is 6. The molecule has 4 heterocycles. The number of amides is 1. The van der Waals surface area contributed by atoms with Gasteiger partial charge in [0.05, 0.1) is 25.4 Å². The molecule has 0 saturated carbocycles. The summed E-state index contributed by atoms with van der Waals surface area (Å²) in [5.74, 6) is 1.89. The van der Waals surface area contributed by atoms with Crippen molar-refractivity contribution in [1.82, 2.24) is 24.6 Å². The van der Waals surface area contributed by atoms with Crippen LogP contribution in [0.2, 0.25) is 0 Å². The predicted molar refractivity (Wildman–Crippen MR) is 94.9 cm³/mol. The Kier molecular flexibility index (Phi) is 4.98. The van der Waals surface area contributed by atoms with Crippen LogP contribution < -0.4 is 0 Å². The molecule has 3 aliphatic heterocycles. The Balaban J connectivity index is 1.58. The fourth-order valence-electron chi connectivity index (χ4n) is 4.39. The van der Waals surface area contributed by atoms with Crippen LogP contribution in [0.3, 0.4) is 0 Å². The Morgan fingerprint density at radius 1 is 1.12 bits per heavy atom. The maximum absolute atomic E-state index is 13.1. The number of hydrogen-bond donors (Lipinski definition) is 0. The maximum atomic E-state index is 13.1. The highest BCUT2D eigenvalue weighted by atomic mass is 16.5.